The first-order valence-corrected chi connectivity index (χ1v) is 18.7. The van der Waals surface area contributed by atoms with Crippen molar-refractivity contribution in [3.63, 3.8) is 0 Å². The third-order valence-electron chi connectivity index (χ3n) is 10.5. The summed E-state index contributed by atoms with van der Waals surface area (Å²) >= 11 is 0. The molecule has 0 spiro atoms. The monoisotopic (exact) mass is 908 g/mol. The van der Waals surface area contributed by atoms with Crippen LogP contribution in [0.1, 0.15) is 40.2 Å². The maximum absolute atomic E-state index is 6.57. The van der Waals surface area contributed by atoms with Gasteiger partial charge in [-0.1, -0.05) is 111 Å². The van der Waals surface area contributed by atoms with Gasteiger partial charge in [0.15, 0.2) is 0 Å². The van der Waals surface area contributed by atoms with Crippen molar-refractivity contribution < 1.29 is 25.8 Å². The van der Waals surface area contributed by atoms with Crippen molar-refractivity contribution in [3.05, 3.63) is 188 Å². The fourth-order valence-corrected chi connectivity index (χ4v) is 7.40. The Labute approximate surface area is 343 Å². The number of anilines is 2. The van der Waals surface area contributed by atoms with Gasteiger partial charge in [0.1, 0.15) is 5.82 Å². The van der Waals surface area contributed by atoms with E-state index in [0.717, 1.165) is 56.0 Å². The first-order chi connectivity index (χ1) is 26.7. The Balaban J connectivity index is 0.00000441. The Bertz CT molecular complexity index is 2730. The van der Waals surface area contributed by atoms with Crippen molar-refractivity contribution in [1.82, 2.24) is 9.55 Å². The SMILES string of the molecule is CC1=C(C)N(c2cccc(-c3ccccc3)c2)[CH-]N1c1[c-]c(Oc2[c-]c3c(cc2)c2cc(-c4ccccc4)ccc2n3-c2cc(C(C)(C)C)ccn2)ccc1.[Pt]. The van der Waals surface area contributed by atoms with Crippen molar-refractivity contribution in [2.75, 3.05) is 9.80 Å². The van der Waals surface area contributed by atoms with Crippen LogP contribution in [0.2, 0.25) is 0 Å². The average molecular weight is 909 g/mol. The Kier molecular flexibility index (Phi) is 9.90. The van der Waals surface area contributed by atoms with Crippen LogP contribution in [0.5, 0.6) is 11.5 Å². The number of aromatic nitrogens is 2. The second-order valence-electron chi connectivity index (χ2n) is 15.1. The topological polar surface area (TPSA) is 33.5 Å². The number of allylic oxidation sites excluding steroid dienone is 2. The second kappa shape index (κ2) is 15.0. The van der Waals surface area contributed by atoms with E-state index in [1.165, 1.54) is 22.3 Å². The number of nitrogens with zero attached hydrogens (tertiary/aromatic N) is 4. The van der Waals surface area contributed by atoms with Gasteiger partial charge in [-0.25, -0.2) is 4.98 Å². The van der Waals surface area contributed by atoms with Gasteiger partial charge in [0, 0.05) is 61.4 Å². The molecule has 0 bridgehead atoms. The van der Waals surface area contributed by atoms with E-state index >= 15 is 0 Å². The van der Waals surface area contributed by atoms with Crippen LogP contribution in [0.25, 0.3) is 49.9 Å². The zero-order valence-electron chi connectivity index (χ0n) is 32.0. The number of hydrogen-bond donors (Lipinski definition) is 0. The first kappa shape index (κ1) is 37.0. The molecule has 1 aliphatic rings. The molecule has 3 heterocycles. The minimum Gasteiger partial charge on any atom is -0.509 e. The van der Waals surface area contributed by atoms with Gasteiger partial charge in [-0.2, -0.15) is 12.1 Å². The van der Waals surface area contributed by atoms with Gasteiger partial charge >= 0.3 is 0 Å². The van der Waals surface area contributed by atoms with E-state index in [1.807, 2.05) is 30.5 Å². The van der Waals surface area contributed by atoms with Gasteiger partial charge in [0.05, 0.1) is 0 Å². The normalized spacial score (nSPS) is 13.1. The van der Waals surface area contributed by atoms with Gasteiger partial charge in [0.2, 0.25) is 0 Å². The summed E-state index contributed by atoms with van der Waals surface area (Å²) in [5, 5.41) is 2.22. The number of ether oxygens (including phenoxy) is 1. The van der Waals surface area contributed by atoms with E-state index in [4.69, 9.17) is 9.72 Å². The summed E-state index contributed by atoms with van der Waals surface area (Å²) in [6.45, 7) is 13.1. The summed E-state index contributed by atoms with van der Waals surface area (Å²) in [5.74, 6) is 2.06. The molecule has 0 N–H and O–H groups in total. The number of pyridine rings is 1. The molecule has 2 aromatic heterocycles. The molecule has 0 amide bonds. The third-order valence-corrected chi connectivity index (χ3v) is 10.5. The van der Waals surface area contributed by atoms with Gasteiger partial charge in [-0.3, -0.25) is 0 Å². The molecule has 1 aliphatic heterocycles. The van der Waals surface area contributed by atoms with Crippen molar-refractivity contribution in [2.24, 2.45) is 0 Å². The van der Waals surface area contributed by atoms with E-state index in [2.05, 4.69) is 189 Å². The van der Waals surface area contributed by atoms with E-state index in [0.29, 0.717) is 11.5 Å². The predicted molar refractivity (Wildman–Crippen MR) is 226 cm³/mol. The molecule has 0 fully saturated rings. The number of hydrogen-bond acceptors (Lipinski definition) is 4. The molecule has 0 atom stereocenters. The molecule has 6 heteroatoms. The maximum atomic E-state index is 6.57. The van der Waals surface area contributed by atoms with Crippen LogP contribution < -0.4 is 14.5 Å². The van der Waals surface area contributed by atoms with Crippen molar-refractivity contribution in [2.45, 2.75) is 40.0 Å². The summed E-state index contributed by atoms with van der Waals surface area (Å²) in [5.41, 5.74) is 12.1. The van der Waals surface area contributed by atoms with Crippen LogP contribution in [0.3, 0.4) is 0 Å². The smallest absolute Gasteiger partial charge is 0.135 e. The molecule has 9 rings (SSSR count). The summed E-state index contributed by atoms with van der Waals surface area (Å²) in [4.78, 5) is 9.28. The van der Waals surface area contributed by atoms with Crippen LogP contribution in [0.4, 0.5) is 11.4 Å². The van der Waals surface area contributed by atoms with Crippen molar-refractivity contribution in [3.8, 4) is 39.6 Å². The van der Waals surface area contributed by atoms with Crippen LogP contribution in [-0.2, 0) is 26.5 Å². The molecule has 5 nitrogen and oxygen atoms in total. The standard InChI is InChI=1S/C50H41N4O.Pt/c1-34-35(2)53(33-52(34)41-19-12-18-38(28-41)36-14-8-6-9-15-36)42-20-13-21-43(31-42)55-44-23-24-45-46-29-39(37-16-10-7-11-17-37)22-25-47(46)54(48(45)32-44)49-30-40(26-27-51-49)50(3,4)5;/h6-30,33H,1-5H3;/q-3;. The minimum atomic E-state index is -0.0299. The zero-order chi connectivity index (χ0) is 37.7. The predicted octanol–water partition coefficient (Wildman–Crippen LogP) is 12.9. The van der Waals surface area contributed by atoms with E-state index < -0.39 is 0 Å². The molecule has 0 aliphatic carbocycles. The number of fused-ring (bicyclic) bond motifs is 3. The van der Waals surface area contributed by atoms with Gasteiger partial charge < -0.3 is 19.1 Å². The molecule has 56 heavy (non-hydrogen) atoms. The van der Waals surface area contributed by atoms with Crippen LogP contribution in [-0.4, -0.2) is 9.55 Å². The minimum absolute atomic E-state index is 0. The van der Waals surface area contributed by atoms with Crippen molar-refractivity contribution >= 4 is 33.2 Å². The molecule has 280 valence electrons. The Morgan fingerprint density at radius 1 is 0.589 bits per heavy atom. The Morgan fingerprint density at radius 3 is 1.98 bits per heavy atom. The summed E-state index contributed by atoms with van der Waals surface area (Å²) in [7, 11) is 0. The number of benzene rings is 6. The Morgan fingerprint density at radius 2 is 1.25 bits per heavy atom. The molecule has 0 radical (unpaired) electrons. The third kappa shape index (κ3) is 6.93. The maximum Gasteiger partial charge on any atom is 0.135 e. The summed E-state index contributed by atoms with van der Waals surface area (Å²) in [6, 6.07) is 57.9. The summed E-state index contributed by atoms with van der Waals surface area (Å²) in [6.07, 6.45) is 1.90. The van der Waals surface area contributed by atoms with Gasteiger partial charge in [-0.15, -0.1) is 48.1 Å². The molecule has 6 aromatic carbocycles. The van der Waals surface area contributed by atoms with Crippen molar-refractivity contribution in [1.29, 1.82) is 0 Å². The molecular formula is C50H41N4OPt-3. The molecule has 0 saturated heterocycles. The number of rotatable bonds is 7. The quantitative estimate of drug-likeness (QED) is 0.149. The van der Waals surface area contributed by atoms with Crippen LogP contribution in [0, 0.1) is 18.8 Å². The fraction of sp³-hybridized carbons (Fsp3) is 0.120. The van der Waals surface area contributed by atoms with Crippen LogP contribution in [0.15, 0.2) is 163 Å². The molecular weight excluding hydrogens is 868 g/mol. The van der Waals surface area contributed by atoms with E-state index in [9.17, 15) is 0 Å². The zero-order valence-corrected chi connectivity index (χ0v) is 34.3. The van der Waals surface area contributed by atoms with E-state index in [1.54, 1.807) is 0 Å². The van der Waals surface area contributed by atoms with Gasteiger partial charge in [-0.05, 0) is 82.8 Å². The largest absolute Gasteiger partial charge is 0.509 e. The molecule has 8 aromatic rings. The van der Waals surface area contributed by atoms with Crippen LogP contribution >= 0.6 is 0 Å². The van der Waals surface area contributed by atoms with E-state index in [-0.39, 0.29) is 26.5 Å². The Hall–Kier alpha value is -5.90. The summed E-state index contributed by atoms with van der Waals surface area (Å²) < 4.78 is 8.78. The molecule has 0 saturated carbocycles. The second-order valence-corrected chi connectivity index (χ2v) is 15.1. The fourth-order valence-electron chi connectivity index (χ4n) is 7.40. The average Bonchev–Trinajstić information content (AvgIpc) is 3.70. The first-order valence-electron chi connectivity index (χ1n) is 18.7. The molecule has 0 unspecified atom stereocenters. The van der Waals surface area contributed by atoms with Gasteiger partial charge in [0.25, 0.3) is 0 Å².